The van der Waals surface area contributed by atoms with Crippen molar-refractivity contribution in [3.63, 3.8) is 0 Å². The Labute approximate surface area is 122 Å². The molecule has 0 aliphatic carbocycles. The zero-order valence-corrected chi connectivity index (χ0v) is 11.8. The van der Waals surface area contributed by atoms with Crippen LogP contribution in [0.5, 0.6) is 5.75 Å². The highest BCUT2D eigenvalue weighted by Crippen LogP contribution is 2.34. The highest BCUT2D eigenvalue weighted by molar-refractivity contribution is 9.10. The van der Waals surface area contributed by atoms with Gasteiger partial charge < -0.3 is 4.74 Å². The molecule has 0 fully saturated rings. The second-order valence-corrected chi connectivity index (χ2v) is 5.39. The topological polar surface area (TPSA) is 26.3 Å². The average molecular weight is 339 g/mol. The minimum atomic E-state index is -1.13. The Kier molecular flexibility index (Phi) is 3.30. The van der Waals surface area contributed by atoms with Crippen LogP contribution >= 0.6 is 15.9 Å². The molecule has 0 N–H and O–H groups in total. The molecule has 0 bridgehead atoms. The minimum Gasteiger partial charge on any atom is -0.492 e. The lowest BCUT2D eigenvalue weighted by Crippen LogP contribution is -2.07. The first kappa shape index (κ1) is 13.2. The number of carbonyl (C=O) groups is 1. The van der Waals surface area contributed by atoms with Gasteiger partial charge in [-0.1, -0.05) is 22.0 Å². The van der Waals surface area contributed by atoms with Crippen LogP contribution in [-0.2, 0) is 6.42 Å². The van der Waals surface area contributed by atoms with Gasteiger partial charge in [-0.15, -0.1) is 0 Å². The van der Waals surface area contributed by atoms with Crippen LogP contribution in [0.25, 0.3) is 0 Å². The molecule has 0 atom stereocenters. The third-order valence-electron chi connectivity index (χ3n) is 3.19. The molecule has 3 rings (SSSR count). The van der Waals surface area contributed by atoms with Crippen molar-refractivity contribution in [2.24, 2.45) is 0 Å². The monoisotopic (exact) mass is 338 g/mol. The molecule has 0 spiro atoms. The third kappa shape index (κ3) is 2.12. The van der Waals surface area contributed by atoms with Crippen LogP contribution in [0.15, 0.2) is 34.8 Å². The molecule has 1 aliphatic heterocycles. The minimum absolute atomic E-state index is 0.247. The molecule has 0 radical (unpaired) electrons. The maximum atomic E-state index is 13.7. The Morgan fingerprint density at radius 1 is 1.20 bits per heavy atom. The van der Waals surface area contributed by atoms with Gasteiger partial charge in [-0.2, -0.15) is 0 Å². The van der Waals surface area contributed by atoms with Crippen molar-refractivity contribution in [2.75, 3.05) is 6.61 Å². The number of hydrogen-bond donors (Lipinski definition) is 0. The second-order valence-electron chi connectivity index (χ2n) is 4.47. The first-order chi connectivity index (χ1) is 9.58. The molecule has 102 valence electrons. The lowest BCUT2D eigenvalue weighted by molar-refractivity contribution is 0.103. The zero-order chi connectivity index (χ0) is 14.3. The van der Waals surface area contributed by atoms with Gasteiger partial charge in [0.05, 0.1) is 17.7 Å². The van der Waals surface area contributed by atoms with Crippen LogP contribution in [0.3, 0.4) is 0 Å². The molecule has 0 saturated heterocycles. The third-order valence-corrected chi connectivity index (χ3v) is 3.65. The molecule has 0 amide bonds. The molecule has 1 aliphatic rings. The Morgan fingerprint density at radius 2 is 2.00 bits per heavy atom. The molecule has 20 heavy (non-hydrogen) atoms. The van der Waals surface area contributed by atoms with Crippen LogP contribution in [0.1, 0.15) is 21.5 Å². The quantitative estimate of drug-likeness (QED) is 0.776. The van der Waals surface area contributed by atoms with Crippen molar-refractivity contribution >= 4 is 21.7 Å². The van der Waals surface area contributed by atoms with Gasteiger partial charge in [0, 0.05) is 10.9 Å². The van der Waals surface area contributed by atoms with Gasteiger partial charge in [0.2, 0.25) is 0 Å². The standard InChI is InChI=1S/C15H9BrF2O2/c16-9-6-8-4-5-20-15(8)11(7-9)14(19)10-2-1-3-12(17)13(10)18/h1-3,6-7H,4-5H2. The second kappa shape index (κ2) is 4.98. The molecule has 2 nitrogen and oxygen atoms in total. The maximum Gasteiger partial charge on any atom is 0.199 e. The smallest absolute Gasteiger partial charge is 0.199 e. The van der Waals surface area contributed by atoms with E-state index in [2.05, 4.69) is 15.9 Å². The van der Waals surface area contributed by atoms with Crippen molar-refractivity contribution in [1.82, 2.24) is 0 Å². The van der Waals surface area contributed by atoms with Gasteiger partial charge in [-0.25, -0.2) is 8.78 Å². The van der Waals surface area contributed by atoms with Gasteiger partial charge in [0.15, 0.2) is 17.4 Å². The fourth-order valence-corrected chi connectivity index (χ4v) is 2.77. The molecule has 2 aromatic rings. The summed E-state index contributed by atoms with van der Waals surface area (Å²) in [5, 5.41) is 0. The van der Waals surface area contributed by atoms with Crippen molar-refractivity contribution in [1.29, 1.82) is 0 Å². The summed E-state index contributed by atoms with van der Waals surface area (Å²) in [6.45, 7) is 0.484. The highest BCUT2D eigenvalue weighted by atomic mass is 79.9. The van der Waals surface area contributed by atoms with Crippen molar-refractivity contribution in [2.45, 2.75) is 6.42 Å². The van der Waals surface area contributed by atoms with Crippen molar-refractivity contribution in [3.8, 4) is 5.75 Å². The summed E-state index contributed by atoms with van der Waals surface area (Å²) in [5.74, 6) is -2.30. The summed E-state index contributed by atoms with van der Waals surface area (Å²) in [6.07, 6.45) is 0.695. The number of rotatable bonds is 2. The number of ether oxygens (including phenoxy) is 1. The first-order valence-corrected chi connectivity index (χ1v) is 6.81. The Hall–Kier alpha value is -1.75. The van der Waals surface area contributed by atoms with Gasteiger partial charge in [0.25, 0.3) is 0 Å². The normalized spacial score (nSPS) is 12.9. The summed E-state index contributed by atoms with van der Waals surface area (Å²) in [5.41, 5.74) is 0.844. The molecule has 0 saturated carbocycles. The molecular weight excluding hydrogens is 330 g/mol. The summed E-state index contributed by atoms with van der Waals surface area (Å²) in [7, 11) is 0. The largest absolute Gasteiger partial charge is 0.492 e. The maximum absolute atomic E-state index is 13.7. The first-order valence-electron chi connectivity index (χ1n) is 6.02. The number of ketones is 1. The number of benzene rings is 2. The van der Waals surface area contributed by atoms with E-state index in [0.29, 0.717) is 23.2 Å². The van der Waals surface area contributed by atoms with Gasteiger partial charge in [-0.05, 0) is 29.8 Å². The van der Waals surface area contributed by atoms with Crippen LogP contribution in [0.2, 0.25) is 0 Å². The Bertz CT molecular complexity index is 713. The van der Waals surface area contributed by atoms with Crippen LogP contribution < -0.4 is 4.74 Å². The Balaban J connectivity index is 2.14. The van der Waals surface area contributed by atoms with Gasteiger partial charge >= 0.3 is 0 Å². The van der Waals surface area contributed by atoms with E-state index in [-0.39, 0.29) is 11.1 Å². The average Bonchev–Trinajstić information content (AvgIpc) is 2.88. The Morgan fingerprint density at radius 3 is 2.80 bits per heavy atom. The van der Waals surface area contributed by atoms with E-state index >= 15 is 0 Å². The van der Waals surface area contributed by atoms with E-state index in [4.69, 9.17) is 4.74 Å². The van der Waals surface area contributed by atoms with Gasteiger partial charge in [-0.3, -0.25) is 4.79 Å². The van der Waals surface area contributed by atoms with Crippen molar-refractivity contribution < 1.29 is 18.3 Å². The van der Waals surface area contributed by atoms with Gasteiger partial charge in [0.1, 0.15) is 5.75 Å². The highest BCUT2D eigenvalue weighted by Gasteiger charge is 2.25. The van der Waals surface area contributed by atoms with Crippen LogP contribution in [0.4, 0.5) is 8.78 Å². The summed E-state index contributed by atoms with van der Waals surface area (Å²) < 4.78 is 33.1. The van der Waals surface area contributed by atoms with E-state index < -0.39 is 17.4 Å². The van der Waals surface area contributed by atoms with Crippen molar-refractivity contribution in [3.05, 3.63) is 63.1 Å². The molecule has 5 heteroatoms. The molecular formula is C15H9BrF2O2. The predicted octanol–water partition coefficient (Wildman–Crippen LogP) is 3.89. The van der Waals surface area contributed by atoms with E-state index in [1.54, 1.807) is 6.07 Å². The lowest BCUT2D eigenvalue weighted by atomic mass is 9.99. The van der Waals surface area contributed by atoms with Crippen LogP contribution in [-0.4, -0.2) is 12.4 Å². The molecule has 1 heterocycles. The summed E-state index contributed by atoms with van der Waals surface area (Å²) >= 11 is 3.31. The van der Waals surface area contributed by atoms with E-state index in [1.165, 1.54) is 12.1 Å². The van der Waals surface area contributed by atoms with E-state index in [1.807, 2.05) is 6.07 Å². The lowest BCUT2D eigenvalue weighted by Gasteiger charge is -2.09. The summed E-state index contributed by atoms with van der Waals surface area (Å²) in [4.78, 5) is 12.4. The fraction of sp³-hybridized carbons (Fsp3) is 0.133. The number of halogens is 3. The predicted molar refractivity (Wildman–Crippen MR) is 73.1 cm³/mol. The molecule has 0 unspecified atom stereocenters. The fourth-order valence-electron chi connectivity index (χ4n) is 2.26. The van der Waals surface area contributed by atoms with E-state index in [0.717, 1.165) is 11.6 Å². The molecule has 2 aromatic carbocycles. The summed E-state index contributed by atoms with van der Waals surface area (Å²) in [6, 6.07) is 6.99. The zero-order valence-electron chi connectivity index (χ0n) is 10.3. The SMILES string of the molecule is O=C(c1cccc(F)c1F)c1cc(Br)cc2c1OCC2. The van der Waals surface area contributed by atoms with Crippen LogP contribution in [0, 0.1) is 11.6 Å². The number of fused-ring (bicyclic) bond motifs is 1. The number of hydrogen-bond acceptors (Lipinski definition) is 2. The van der Waals surface area contributed by atoms with E-state index in [9.17, 15) is 13.6 Å². The molecule has 0 aromatic heterocycles. The number of carbonyl (C=O) groups excluding carboxylic acids is 1.